The average Bonchev–Trinajstić information content (AvgIpc) is 3.07. The number of aromatic nitrogens is 3. The molecule has 0 aliphatic carbocycles. The molecule has 1 unspecified atom stereocenters. The minimum atomic E-state index is -4.42. The molecule has 0 saturated heterocycles. The molecule has 1 atom stereocenters. The van der Waals surface area contributed by atoms with Crippen molar-refractivity contribution in [2.24, 2.45) is 5.92 Å². The van der Waals surface area contributed by atoms with E-state index in [2.05, 4.69) is 32.2 Å². The second-order valence-corrected chi connectivity index (χ2v) is 8.15. The molecule has 0 fully saturated rings. The Balaban J connectivity index is 2.40. The summed E-state index contributed by atoms with van der Waals surface area (Å²) in [7, 11) is 0. The Bertz CT molecular complexity index is 913. The zero-order chi connectivity index (χ0) is 23.0. The second kappa shape index (κ2) is 11.4. The molecule has 3 N–H and O–H groups in total. The summed E-state index contributed by atoms with van der Waals surface area (Å²) in [6.45, 7) is 6.69. The molecule has 0 spiro atoms. The monoisotopic (exact) mass is 475 g/mol. The lowest BCUT2D eigenvalue weighted by Crippen LogP contribution is -2.23. The lowest BCUT2D eigenvalue weighted by atomic mass is 10.0. The number of aryl methyl sites for hydroxylation is 1. The van der Waals surface area contributed by atoms with Crippen molar-refractivity contribution in [1.29, 1.82) is 0 Å². The standard InChI is InChI=1S/C20H25ClF3N5OS/c1-4-6-7-14-12(3)27-18(31-14)15-16(21)28-19(26-11-20(22,23)24)29-17(15)25-9-8-13(5-2)10-30/h4,6-7,13,30H,1,5,8-11H2,2-3H3,(H2,25,26,28,29)/b7-6-. The SMILES string of the molecule is C=C/C=C\c1sc(-c2c(Cl)nc(NCC(F)(F)F)nc2NCCC(CC)CO)nc1C. The molecule has 170 valence electrons. The van der Waals surface area contributed by atoms with E-state index in [0.29, 0.717) is 23.5 Å². The number of halogens is 4. The fraction of sp³-hybridized carbons (Fsp3) is 0.450. The summed E-state index contributed by atoms with van der Waals surface area (Å²) in [4.78, 5) is 13.6. The van der Waals surface area contributed by atoms with Crippen LogP contribution in [0.3, 0.4) is 0 Å². The topological polar surface area (TPSA) is 83.0 Å². The third-order valence-electron chi connectivity index (χ3n) is 4.42. The van der Waals surface area contributed by atoms with Crippen LogP contribution in [0.25, 0.3) is 16.6 Å². The highest BCUT2D eigenvalue weighted by Gasteiger charge is 2.28. The zero-order valence-electron chi connectivity index (χ0n) is 17.3. The maximum atomic E-state index is 12.6. The number of thiazole rings is 1. The molecule has 11 heteroatoms. The molecule has 0 saturated carbocycles. The predicted molar refractivity (Wildman–Crippen MR) is 121 cm³/mol. The molecule has 31 heavy (non-hydrogen) atoms. The number of nitrogens with one attached hydrogen (secondary N) is 2. The molecule has 2 heterocycles. The smallest absolute Gasteiger partial charge is 0.396 e. The van der Waals surface area contributed by atoms with Gasteiger partial charge in [0.15, 0.2) is 0 Å². The number of nitrogens with zero attached hydrogens (tertiary/aromatic N) is 3. The molecule has 0 aliphatic rings. The molecule has 0 bridgehead atoms. The fourth-order valence-electron chi connectivity index (χ4n) is 2.65. The Labute approximate surface area is 188 Å². The van der Waals surface area contributed by atoms with Gasteiger partial charge in [0.1, 0.15) is 22.5 Å². The first-order chi connectivity index (χ1) is 14.7. The Morgan fingerprint density at radius 2 is 2.00 bits per heavy atom. The van der Waals surface area contributed by atoms with Gasteiger partial charge < -0.3 is 15.7 Å². The number of rotatable bonds is 11. The van der Waals surface area contributed by atoms with Crippen molar-refractivity contribution in [3.8, 4) is 10.6 Å². The maximum Gasteiger partial charge on any atom is 0.405 e. The van der Waals surface area contributed by atoms with Gasteiger partial charge in [-0.15, -0.1) is 11.3 Å². The summed E-state index contributed by atoms with van der Waals surface area (Å²) in [6, 6.07) is 0. The van der Waals surface area contributed by atoms with Crippen molar-refractivity contribution in [3.63, 3.8) is 0 Å². The molecule has 0 amide bonds. The first-order valence-electron chi connectivity index (χ1n) is 9.68. The van der Waals surface area contributed by atoms with Crippen LogP contribution in [0.2, 0.25) is 5.15 Å². The van der Waals surface area contributed by atoms with Gasteiger partial charge in [0, 0.05) is 13.2 Å². The Hall–Kier alpha value is -2.17. The van der Waals surface area contributed by atoms with Gasteiger partial charge in [-0.1, -0.05) is 43.7 Å². The first kappa shape index (κ1) is 25.1. The van der Waals surface area contributed by atoms with Crippen LogP contribution in [0.1, 0.15) is 30.3 Å². The van der Waals surface area contributed by atoms with Crippen molar-refractivity contribution in [3.05, 3.63) is 34.5 Å². The van der Waals surface area contributed by atoms with Gasteiger partial charge in [-0.3, -0.25) is 0 Å². The van der Waals surface area contributed by atoms with Crippen LogP contribution < -0.4 is 10.6 Å². The third-order valence-corrected chi connectivity index (χ3v) is 5.84. The summed E-state index contributed by atoms with van der Waals surface area (Å²) in [5.74, 6) is 0.155. The highest BCUT2D eigenvalue weighted by atomic mass is 35.5. The summed E-state index contributed by atoms with van der Waals surface area (Å²) in [5, 5.41) is 15.2. The summed E-state index contributed by atoms with van der Waals surface area (Å²) >= 11 is 7.72. The minimum Gasteiger partial charge on any atom is -0.396 e. The van der Waals surface area contributed by atoms with E-state index < -0.39 is 12.7 Å². The van der Waals surface area contributed by atoms with Crippen LogP contribution in [-0.2, 0) is 0 Å². The lowest BCUT2D eigenvalue weighted by molar-refractivity contribution is -0.115. The molecule has 0 aromatic carbocycles. The zero-order valence-corrected chi connectivity index (χ0v) is 18.8. The molecule has 2 aromatic rings. The number of hydrogen-bond donors (Lipinski definition) is 3. The van der Waals surface area contributed by atoms with Crippen LogP contribution in [0.15, 0.2) is 18.7 Å². The second-order valence-electron chi connectivity index (χ2n) is 6.77. The van der Waals surface area contributed by atoms with Crippen molar-refractivity contribution in [1.82, 2.24) is 15.0 Å². The molecule has 0 radical (unpaired) electrons. The van der Waals surface area contributed by atoms with Crippen LogP contribution in [0, 0.1) is 12.8 Å². The van der Waals surface area contributed by atoms with E-state index in [1.54, 1.807) is 12.2 Å². The number of hydrogen-bond acceptors (Lipinski definition) is 7. The van der Waals surface area contributed by atoms with Crippen molar-refractivity contribution in [2.45, 2.75) is 32.9 Å². The van der Waals surface area contributed by atoms with Gasteiger partial charge in [0.05, 0.1) is 16.1 Å². The van der Waals surface area contributed by atoms with Crippen molar-refractivity contribution in [2.75, 3.05) is 30.3 Å². The van der Waals surface area contributed by atoms with Crippen LogP contribution in [-0.4, -0.2) is 45.9 Å². The molecular formula is C20H25ClF3N5OS. The van der Waals surface area contributed by atoms with Gasteiger partial charge in [-0.2, -0.15) is 18.2 Å². The predicted octanol–water partition coefficient (Wildman–Crippen LogP) is 5.56. The number of anilines is 2. The van der Waals surface area contributed by atoms with Crippen molar-refractivity contribution >= 4 is 40.8 Å². The molecule has 6 nitrogen and oxygen atoms in total. The van der Waals surface area contributed by atoms with Gasteiger partial charge in [0.2, 0.25) is 5.95 Å². The average molecular weight is 476 g/mol. The molecule has 2 aromatic heterocycles. The quantitative estimate of drug-likeness (QED) is 0.292. The van der Waals surface area contributed by atoms with Crippen LogP contribution >= 0.6 is 22.9 Å². The Kier molecular flexibility index (Phi) is 9.27. The number of aliphatic hydroxyl groups excluding tert-OH is 1. The molecule has 0 aliphatic heterocycles. The third kappa shape index (κ3) is 7.48. The fourth-order valence-corrected chi connectivity index (χ4v) is 3.99. The molecule has 2 rings (SSSR count). The van der Waals surface area contributed by atoms with Gasteiger partial charge in [-0.25, -0.2) is 9.97 Å². The van der Waals surface area contributed by atoms with Crippen molar-refractivity contribution < 1.29 is 18.3 Å². The highest BCUT2D eigenvalue weighted by molar-refractivity contribution is 7.16. The summed E-state index contributed by atoms with van der Waals surface area (Å²) in [5.41, 5.74) is 1.19. The lowest BCUT2D eigenvalue weighted by Gasteiger charge is -2.16. The normalized spacial score (nSPS) is 12.9. The van der Waals surface area contributed by atoms with E-state index >= 15 is 0 Å². The Morgan fingerprint density at radius 1 is 1.26 bits per heavy atom. The first-order valence-corrected chi connectivity index (χ1v) is 10.9. The summed E-state index contributed by atoms with van der Waals surface area (Å²) < 4.78 is 37.8. The van der Waals surface area contributed by atoms with E-state index in [4.69, 9.17) is 11.6 Å². The Morgan fingerprint density at radius 3 is 2.61 bits per heavy atom. The van der Waals surface area contributed by atoms with Crippen LogP contribution in [0.5, 0.6) is 0 Å². The molecular weight excluding hydrogens is 451 g/mol. The van der Waals surface area contributed by atoms with E-state index in [1.807, 2.05) is 19.9 Å². The van der Waals surface area contributed by atoms with Gasteiger partial charge in [0.25, 0.3) is 0 Å². The van der Waals surface area contributed by atoms with Crippen LogP contribution in [0.4, 0.5) is 24.9 Å². The van der Waals surface area contributed by atoms with E-state index in [1.165, 1.54) is 11.3 Å². The maximum absolute atomic E-state index is 12.6. The van der Waals surface area contributed by atoms with E-state index in [0.717, 1.165) is 17.0 Å². The number of alkyl halides is 3. The largest absolute Gasteiger partial charge is 0.405 e. The van der Waals surface area contributed by atoms with E-state index in [-0.39, 0.29) is 29.4 Å². The van der Waals surface area contributed by atoms with E-state index in [9.17, 15) is 18.3 Å². The highest BCUT2D eigenvalue weighted by Crippen LogP contribution is 2.38. The number of allylic oxidation sites excluding steroid dienone is 2. The summed E-state index contributed by atoms with van der Waals surface area (Å²) in [6.07, 6.45) is 2.33. The van der Waals surface area contributed by atoms with Gasteiger partial charge in [-0.05, 0) is 25.3 Å². The van der Waals surface area contributed by atoms with Gasteiger partial charge >= 0.3 is 6.18 Å². The minimum absolute atomic E-state index is 0.00984. The number of aliphatic hydroxyl groups is 1.